The second-order valence-corrected chi connectivity index (χ2v) is 5.74. The lowest BCUT2D eigenvalue weighted by atomic mass is 10.2. The van der Waals surface area contributed by atoms with Gasteiger partial charge in [-0.2, -0.15) is 5.10 Å². The van der Waals surface area contributed by atoms with Gasteiger partial charge >= 0.3 is 0 Å². The highest BCUT2D eigenvalue weighted by Crippen LogP contribution is 2.31. The number of aryl methyl sites for hydroxylation is 1. The Morgan fingerprint density at radius 3 is 2.88 bits per heavy atom. The summed E-state index contributed by atoms with van der Waals surface area (Å²) in [6.07, 6.45) is 0.906. The number of furan rings is 1. The maximum absolute atomic E-state index is 12.5. The first kappa shape index (κ1) is 15.3. The number of carbonyl (C=O) groups is 1. The van der Waals surface area contributed by atoms with E-state index in [-0.39, 0.29) is 12.5 Å². The number of ether oxygens (including phenoxy) is 2. The molecule has 128 valence electrons. The van der Waals surface area contributed by atoms with Crippen LogP contribution in [0.5, 0.6) is 11.5 Å². The molecule has 25 heavy (non-hydrogen) atoms. The van der Waals surface area contributed by atoms with Crippen LogP contribution in [0, 0.1) is 6.92 Å². The second kappa shape index (κ2) is 6.35. The van der Waals surface area contributed by atoms with Crippen molar-refractivity contribution in [1.29, 1.82) is 0 Å². The molecule has 1 aromatic carbocycles. The molecule has 7 nitrogen and oxygen atoms in total. The van der Waals surface area contributed by atoms with Crippen molar-refractivity contribution < 1.29 is 18.7 Å². The van der Waals surface area contributed by atoms with Crippen molar-refractivity contribution in [3.8, 4) is 11.5 Å². The minimum absolute atomic E-state index is 0.161. The second-order valence-electron chi connectivity index (χ2n) is 5.74. The summed E-state index contributed by atoms with van der Waals surface area (Å²) in [5, 5.41) is 7.06. The van der Waals surface area contributed by atoms with Crippen molar-refractivity contribution in [2.75, 3.05) is 11.9 Å². The molecule has 1 amide bonds. The molecule has 3 heterocycles. The highest BCUT2D eigenvalue weighted by molar-refractivity contribution is 5.94. The summed E-state index contributed by atoms with van der Waals surface area (Å²) in [6.45, 7) is 2.48. The normalized spacial score (nSPS) is 15.8. The fraction of sp³-hybridized carbons (Fsp3) is 0.222. The lowest BCUT2D eigenvalue weighted by Crippen LogP contribution is -2.40. The van der Waals surface area contributed by atoms with E-state index in [0.29, 0.717) is 23.9 Å². The number of amides is 1. The van der Waals surface area contributed by atoms with Gasteiger partial charge in [0.25, 0.3) is 5.91 Å². The van der Waals surface area contributed by atoms with Gasteiger partial charge in [0.05, 0.1) is 6.20 Å². The third-order valence-electron chi connectivity index (χ3n) is 3.87. The Morgan fingerprint density at radius 1 is 1.24 bits per heavy atom. The number of hydrogen-bond donors (Lipinski definition) is 1. The lowest BCUT2D eigenvalue weighted by Gasteiger charge is -2.25. The van der Waals surface area contributed by atoms with Crippen LogP contribution < -0.4 is 14.8 Å². The van der Waals surface area contributed by atoms with E-state index in [1.165, 1.54) is 0 Å². The summed E-state index contributed by atoms with van der Waals surface area (Å²) in [5.74, 6) is 3.09. The number of nitrogens with zero attached hydrogens (tertiary/aromatic N) is 2. The summed E-state index contributed by atoms with van der Waals surface area (Å²) < 4.78 is 18.5. The number of hydrogen-bond acceptors (Lipinski definition) is 5. The van der Waals surface area contributed by atoms with Crippen LogP contribution in [-0.4, -0.2) is 28.4 Å². The van der Waals surface area contributed by atoms with E-state index < -0.39 is 6.10 Å². The Bertz CT molecular complexity index is 899. The van der Waals surface area contributed by atoms with E-state index in [0.717, 1.165) is 11.5 Å². The van der Waals surface area contributed by atoms with Crippen LogP contribution in [0.25, 0.3) is 0 Å². The Kier molecular flexibility index (Phi) is 3.89. The minimum atomic E-state index is -0.718. The molecule has 7 heteroatoms. The van der Waals surface area contributed by atoms with Crippen LogP contribution in [-0.2, 0) is 11.3 Å². The van der Waals surface area contributed by atoms with Crippen molar-refractivity contribution >= 4 is 11.7 Å². The molecular weight excluding hydrogens is 322 g/mol. The molecule has 0 spiro atoms. The summed E-state index contributed by atoms with van der Waals surface area (Å²) in [4.78, 5) is 12.5. The molecule has 4 rings (SSSR count). The van der Waals surface area contributed by atoms with Crippen LogP contribution in [0.2, 0.25) is 0 Å². The summed E-state index contributed by atoms with van der Waals surface area (Å²) in [7, 11) is 0. The Hall–Kier alpha value is -3.22. The molecule has 3 aromatic rings. The van der Waals surface area contributed by atoms with Crippen molar-refractivity contribution in [3.63, 3.8) is 0 Å². The molecule has 1 atom stereocenters. The van der Waals surface area contributed by atoms with E-state index in [1.54, 1.807) is 23.0 Å². The van der Waals surface area contributed by atoms with Crippen molar-refractivity contribution in [3.05, 3.63) is 60.2 Å². The molecular formula is C18H17N3O4. The van der Waals surface area contributed by atoms with E-state index in [4.69, 9.17) is 13.9 Å². The highest BCUT2D eigenvalue weighted by atomic mass is 16.6. The maximum Gasteiger partial charge on any atom is 0.270 e. The minimum Gasteiger partial charge on any atom is -0.485 e. The fourth-order valence-corrected chi connectivity index (χ4v) is 2.64. The van der Waals surface area contributed by atoms with Gasteiger partial charge in [-0.3, -0.25) is 4.79 Å². The van der Waals surface area contributed by atoms with Crippen LogP contribution in [0.1, 0.15) is 11.5 Å². The molecule has 1 aliphatic rings. The number of aromatic nitrogens is 2. The third kappa shape index (κ3) is 3.21. The van der Waals surface area contributed by atoms with Crippen LogP contribution >= 0.6 is 0 Å². The molecule has 0 saturated carbocycles. The third-order valence-corrected chi connectivity index (χ3v) is 3.87. The van der Waals surface area contributed by atoms with Gasteiger partial charge in [-0.25, -0.2) is 4.68 Å². The van der Waals surface area contributed by atoms with Crippen LogP contribution in [0.3, 0.4) is 0 Å². The molecule has 0 radical (unpaired) electrons. The maximum atomic E-state index is 12.5. The summed E-state index contributed by atoms with van der Waals surface area (Å²) in [5.41, 5.74) is 0. The highest BCUT2D eigenvalue weighted by Gasteiger charge is 2.28. The molecule has 0 saturated heterocycles. The molecule has 0 bridgehead atoms. The number of anilines is 1. The first-order valence-electron chi connectivity index (χ1n) is 7.95. The monoisotopic (exact) mass is 339 g/mol. The van der Waals surface area contributed by atoms with Crippen molar-refractivity contribution in [2.24, 2.45) is 0 Å². The number of benzene rings is 1. The Morgan fingerprint density at radius 2 is 2.08 bits per heavy atom. The molecule has 0 fully saturated rings. The van der Waals surface area contributed by atoms with Crippen LogP contribution in [0.15, 0.2) is 53.1 Å². The van der Waals surface area contributed by atoms with E-state index in [9.17, 15) is 4.79 Å². The molecule has 1 N–H and O–H groups in total. The van der Waals surface area contributed by atoms with Gasteiger partial charge in [-0.15, -0.1) is 0 Å². The van der Waals surface area contributed by atoms with Gasteiger partial charge in [0.1, 0.15) is 30.5 Å². The summed E-state index contributed by atoms with van der Waals surface area (Å²) in [6, 6.07) is 12.8. The van der Waals surface area contributed by atoms with Gasteiger partial charge in [0.15, 0.2) is 11.5 Å². The molecule has 1 aliphatic heterocycles. The van der Waals surface area contributed by atoms with Gasteiger partial charge in [-0.05, 0) is 31.2 Å². The average molecular weight is 339 g/mol. The first-order chi connectivity index (χ1) is 12.2. The number of nitrogens with one attached hydrogen (secondary N) is 1. The first-order valence-corrected chi connectivity index (χ1v) is 7.95. The smallest absolute Gasteiger partial charge is 0.270 e. The van der Waals surface area contributed by atoms with Gasteiger partial charge in [0.2, 0.25) is 6.10 Å². The fourth-order valence-electron chi connectivity index (χ4n) is 2.64. The SMILES string of the molecule is Cc1ccc(Cn2nccc2NC(=O)[C@@H]2COc3ccccc3O2)o1. The average Bonchev–Trinajstić information content (AvgIpc) is 3.24. The zero-order chi connectivity index (χ0) is 17.2. The molecule has 2 aromatic heterocycles. The standard InChI is InChI=1S/C18H17N3O4/c1-12-6-7-13(24-12)10-21-17(8-9-19-21)20-18(22)16-11-23-14-4-2-3-5-15(14)25-16/h2-9,16H,10-11H2,1H3,(H,20,22)/t16-/m0/s1. The Labute approximate surface area is 144 Å². The number of fused-ring (bicyclic) bond motifs is 1. The predicted octanol–water partition coefficient (Wildman–Crippen LogP) is 2.61. The van der Waals surface area contributed by atoms with Crippen molar-refractivity contribution in [1.82, 2.24) is 9.78 Å². The van der Waals surface area contributed by atoms with Crippen molar-refractivity contribution in [2.45, 2.75) is 19.6 Å². The zero-order valence-electron chi connectivity index (χ0n) is 13.6. The number of carbonyl (C=O) groups excluding carboxylic acids is 1. The van der Waals surface area contributed by atoms with Crippen LogP contribution in [0.4, 0.5) is 5.82 Å². The molecule has 0 unspecified atom stereocenters. The Balaban J connectivity index is 1.44. The van der Waals surface area contributed by atoms with E-state index >= 15 is 0 Å². The number of para-hydroxylation sites is 2. The lowest BCUT2D eigenvalue weighted by molar-refractivity contribution is -0.125. The molecule has 0 aliphatic carbocycles. The largest absolute Gasteiger partial charge is 0.485 e. The quantitative estimate of drug-likeness (QED) is 0.790. The predicted molar refractivity (Wildman–Crippen MR) is 89.8 cm³/mol. The topological polar surface area (TPSA) is 78.5 Å². The van der Waals surface area contributed by atoms with Gasteiger partial charge in [0, 0.05) is 6.07 Å². The van der Waals surface area contributed by atoms with E-state index in [1.807, 2.05) is 37.3 Å². The van der Waals surface area contributed by atoms with E-state index in [2.05, 4.69) is 10.4 Å². The number of rotatable bonds is 4. The van der Waals surface area contributed by atoms with Gasteiger partial charge in [-0.1, -0.05) is 12.1 Å². The van der Waals surface area contributed by atoms with Gasteiger partial charge < -0.3 is 19.2 Å². The zero-order valence-corrected chi connectivity index (χ0v) is 13.6. The summed E-state index contributed by atoms with van der Waals surface area (Å²) >= 11 is 0.